The molecule has 0 radical (unpaired) electrons. The van der Waals surface area contributed by atoms with E-state index in [9.17, 15) is 14.4 Å². The van der Waals surface area contributed by atoms with Gasteiger partial charge in [-0.05, 0) is 76.6 Å². The molecular weight excluding hydrogens is 665 g/mol. The number of carbonyl (C=O) groups excluding carboxylic acids is 3. The van der Waals surface area contributed by atoms with Gasteiger partial charge in [-0.2, -0.15) is 5.10 Å². The van der Waals surface area contributed by atoms with Crippen LogP contribution in [0.4, 0.5) is 5.69 Å². The predicted octanol–water partition coefficient (Wildman–Crippen LogP) is 7.35. The number of esters is 1. The second-order valence-electron chi connectivity index (χ2n) is 7.53. The van der Waals surface area contributed by atoms with Gasteiger partial charge in [0.15, 0.2) is 11.5 Å². The summed E-state index contributed by atoms with van der Waals surface area (Å²) in [4.78, 5) is 37.6. The molecule has 192 valence electrons. The second kappa shape index (κ2) is 12.4. The van der Waals surface area contributed by atoms with E-state index in [2.05, 4.69) is 47.7 Å². The van der Waals surface area contributed by atoms with Crippen LogP contribution in [0.5, 0.6) is 5.75 Å². The summed E-state index contributed by atoms with van der Waals surface area (Å²) in [6.45, 7) is 0. The summed E-state index contributed by atoms with van der Waals surface area (Å²) >= 11 is 18.8. The zero-order valence-corrected chi connectivity index (χ0v) is 23.7. The van der Waals surface area contributed by atoms with E-state index in [0.29, 0.717) is 25.2 Å². The van der Waals surface area contributed by atoms with Crippen LogP contribution in [-0.2, 0) is 0 Å². The van der Waals surface area contributed by atoms with Gasteiger partial charge < -0.3 is 14.5 Å². The third-order valence-electron chi connectivity index (χ3n) is 4.88. The highest BCUT2D eigenvalue weighted by atomic mass is 79.9. The highest BCUT2D eigenvalue weighted by Gasteiger charge is 2.18. The maximum absolute atomic E-state index is 12.8. The van der Waals surface area contributed by atoms with Crippen molar-refractivity contribution in [3.05, 3.63) is 114 Å². The lowest BCUT2D eigenvalue weighted by atomic mass is 10.2. The van der Waals surface area contributed by atoms with E-state index in [4.69, 9.17) is 32.4 Å². The first-order valence-corrected chi connectivity index (χ1v) is 13.0. The first-order chi connectivity index (χ1) is 18.2. The fraction of sp³-hybridized carbons (Fsp3) is 0. The monoisotopic (exact) mass is 677 g/mol. The van der Waals surface area contributed by atoms with Gasteiger partial charge in [-0.3, -0.25) is 9.59 Å². The summed E-state index contributed by atoms with van der Waals surface area (Å²) < 4.78 is 11.8. The van der Waals surface area contributed by atoms with Gasteiger partial charge >= 0.3 is 5.97 Å². The summed E-state index contributed by atoms with van der Waals surface area (Å²) in [6, 6.07) is 17.2. The number of benzene rings is 3. The van der Waals surface area contributed by atoms with Crippen molar-refractivity contribution in [3.8, 4) is 5.75 Å². The number of nitrogens with zero attached hydrogens (tertiary/aromatic N) is 1. The average Bonchev–Trinajstić information content (AvgIpc) is 3.41. The first-order valence-electron chi connectivity index (χ1n) is 10.7. The Morgan fingerprint density at radius 2 is 1.76 bits per heavy atom. The Morgan fingerprint density at radius 1 is 0.947 bits per heavy atom. The number of hydrogen-bond donors (Lipinski definition) is 2. The topological polar surface area (TPSA) is 110 Å². The van der Waals surface area contributed by atoms with E-state index in [1.165, 1.54) is 42.8 Å². The van der Waals surface area contributed by atoms with Gasteiger partial charge in [0.05, 0.1) is 27.5 Å². The number of ether oxygens (including phenoxy) is 1. The maximum Gasteiger partial charge on any atom is 0.345 e. The van der Waals surface area contributed by atoms with Crippen LogP contribution in [0.2, 0.25) is 10.0 Å². The lowest BCUT2D eigenvalue weighted by Crippen LogP contribution is -2.18. The number of hydrogen-bond acceptors (Lipinski definition) is 6. The molecule has 1 heterocycles. The molecule has 0 fully saturated rings. The Balaban J connectivity index is 1.48. The molecule has 0 saturated carbocycles. The van der Waals surface area contributed by atoms with Crippen molar-refractivity contribution in [2.24, 2.45) is 5.10 Å². The summed E-state index contributed by atoms with van der Waals surface area (Å²) in [5.41, 5.74) is 3.57. The number of rotatable bonds is 7. The summed E-state index contributed by atoms with van der Waals surface area (Å²) in [5, 5.41) is 7.17. The molecule has 3 aromatic carbocycles. The minimum Gasteiger partial charge on any atom is -0.459 e. The molecule has 0 saturated heterocycles. The number of carbonyl (C=O) groups is 3. The van der Waals surface area contributed by atoms with Crippen molar-refractivity contribution >= 4 is 84.7 Å². The largest absolute Gasteiger partial charge is 0.459 e. The molecule has 2 amide bonds. The molecule has 0 spiro atoms. The van der Waals surface area contributed by atoms with Crippen LogP contribution in [-0.4, -0.2) is 24.0 Å². The van der Waals surface area contributed by atoms with Crippen LogP contribution in [0.1, 0.15) is 36.8 Å². The number of amides is 2. The van der Waals surface area contributed by atoms with Crippen LogP contribution < -0.4 is 15.5 Å². The molecule has 0 atom stereocenters. The van der Waals surface area contributed by atoms with Crippen LogP contribution in [0.15, 0.2) is 91.5 Å². The molecule has 38 heavy (non-hydrogen) atoms. The third kappa shape index (κ3) is 6.90. The molecule has 0 bridgehead atoms. The molecular formula is C26H15Br2Cl2N3O5. The van der Waals surface area contributed by atoms with Gasteiger partial charge in [-0.1, -0.05) is 45.2 Å². The Kier molecular flexibility index (Phi) is 9.01. The quantitative estimate of drug-likeness (QED) is 0.0919. The van der Waals surface area contributed by atoms with Crippen molar-refractivity contribution in [1.82, 2.24) is 5.43 Å². The van der Waals surface area contributed by atoms with E-state index >= 15 is 0 Å². The van der Waals surface area contributed by atoms with E-state index in [1.807, 2.05) is 0 Å². The van der Waals surface area contributed by atoms with Gasteiger partial charge in [0.1, 0.15) is 0 Å². The third-order valence-corrected chi connectivity index (χ3v) is 6.47. The van der Waals surface area contributed by atoms with Gasteiger partial charge in [-0.25, -0.2) is 10.2 Å². The lowest BCUT2D eigenvalue weighted by molar-refractivity contribution is 0.0732. The molecule has 0 aliphatic carbocycles. The number of halogens is 4. The zero-order chi connectivity index (χ0) is 27.2. The fourth-order valence-electron chi connectivity index (χ4n) is 3.15. The van der Waals surface area contributed by atoms with Crippen molar-refractivity contribution in [2.45, 2.75) is 0 Å². The number of anilines is 1. The maximum atomic E-state index is 12.8. The predicted molar refractivity (Wildman–Crippen MR) is 151 cm³/mol. The van der Waals surface area contributed by atoms with Crippen LogP contribution in [0, 0.1) is 0 Å². The molecule has 1 aromatic heterocycles. The van der Waals surface area contributed by atoms with Gasteiger partial charge in [-0.15, -0.1) is 0 Å². The number of furan rings is 1. The minimum atomic E-state index is -0.707. The van der Waals surface area contributed by atoms with Crippen molar-refractivity contribution in [3.63, 3.8) is 0 Å². The van der Waals surface area contributed by atoms with Gasteiger partial charge in [0.25, 0.3) is 11.8 Å². The Morgan fingerprint density at radius 3 is 2.50 bits per heavy atom. The zero-order valence-electron chi connectivity index (χ0n) is 19.0. The number of nitrogens with one attached hydrogen (secondary N) is 2. The molecule has 8 nitrogen and oxygen atoms in total. The van der Waals surface area contributed by atoms with E-state index in [0.717, 1.165) is 0 Å². The Labute approximate surface area is 243 Å². The fourth-order valence-corrected chi connectivity index (χ4v) is 4.98. The molecule has 0 aliphatic rings. The summed E-state index contributed by atoms with van der Waals surface area (Å²) in [6.07, 6.45) is 2.71. The Bertz CT molecular complexity index is 1560. The SMILES string of the molecule is O=C(NN=Cc1cc(Br)cc(Br)c1OC(=O)c1ccc(Cl)cc1Cl)c1cccc(NC(=O)c2ccco2)c1. The molecule has 0 aliphatic heterocycles. The molecule has 2 N–H and O–H groups in total. The van der Waals surface area contributed by atoms with Crippen LogP contribution >= 0.6 is 55.1 Å². The standard InChI is InChI=1S/C26H15Br2Cl2N3O5/c27-16-9-15(23(20(28)11-16)38-26(36)19-7-6-17(29)12-21(19)30)13-31-33-24(34)14-3-1-4-18(10-14)32-25(35)22-5-2-8-37-22/h1-13H,(H,32,35)(H,33,34). The smallest absolute Gasteiger partial charge is 0.345 e. The van der Waals surface area contributed by atoms with Crippen molar-refractivity contribution < 1.29 is 23.5 Å². The highest BCUT2D eigenvalue weighted by molar-refractivity contribution is 9.11. The number of hydrazone groups is 1. The van der Waals surface area contributed by atoms with E-state index in [-0.39, 0.29) is 27.7 Å². The lowest BCUT2D eigenvalue weighted by Gasteiger charge is -2.11. The summed E-state index contributed by atoms with van der Waals surface area (Å²) in [7, 11) is 0. The van der Waals surface area contributed by atoms with Crippen molar-refractivity contribution in [2.75, 3.05) is 5.32 Å². The molecule has 4 aromatic rings. The molecule has 12 heteroatoms. The minimum absolute atomic E-state index is 0.126. The first kappa shape index (κ1) is 27.6. The van der Waals surface area contributed by atoms with Gasteiger partial charge in [0, 0.05) is 26.3 Å². The summed E-state index contributed by atoms with van der Waals surface area (Å²) in [5.74, 6) is -1.39. The molecule has 4 rings (SSSR count). The second-order valence-corrected chi connectivity index (χ2v) is 10.1. The van der Waals surface area contributed by atoms with Crippen molar-refractivity contribution in [1.29, 1.82) is 0 Å². The highest BCUT2D eigenvalue weighted by Crippen LogP contribution is 2.33. The van der Waals surface area contributed by atoms with Crippen LogP contribution in [0.3, 0.4) is 0 Å². The van der Waals surface area contributed by atoms with E-state index in [1.54, 1.807) is 36.4 Å². The normalized spacial score (nSPS) is 10.8. The Hall–Kier alpha value is -3.44. The van der Waals surface area contributed by atoms with E-state index < -0.39 is 17.8 Å². The van der Waals surface area contributed by atoms with Crippen LogP contribution in [0.25, 0.3) is 0 Å². The average molecular weight is 680 g/mol. The van der Waals surface area contributed by atoms with Gasteiger partial charge in [0.2, 0.25) is 0 Å². The molecule has 0 unspecified atom stereocenters.